The summed E-state index contributed by atoms with van der Waals surface area (Å²) in [6.07, 6.45) is 5.70. The third kappa shape index (κ3) is 2.74. The third-order valence-corrected chi connectivity index (χ3v) is 4.21. The zero-order valence-electron chi connectivity index (χ0n) is 10.7. The van der Waals surface area contributed by atoms with Crippen molar-refractivity contribution in [2.75, 3.05) is 0 Å². The highest BCUT2D eigenvalue weighted by Gasteiger charge is 2.50. The second-order valence-corrected chi connectivity index (χ2v) is 5.73. The summed E-state index contributed by atoms with van der Waals surface area (Å²) in [6.45, 7) is 12.0. The van der Waals surface area contributed by atoms with E-state index in [1.54, 1.807) is 0 Å². The molecule has 1 aliphatic carbocycles. The van der Waals surface area contributed by atoms with Gasteiger partial charge in [-0.3, -0.25) is 0 Å². The van der Waals surface area contributed by atoms with E-state index in [4.69, 9.17) is 0 Å². The maximum absolute atomic E-state index is 2.47. The van der Waals surface area contributed by atoms with E-state index in [2.05, 4.69) is 34.6 Å². The molecule has 0 heterocycles. The van der Waals surface area contributed by atoms with Gasteiger partial charge >= 0.3 is 0 Å². The van der Waals surface area contributed by atoms with E-state index >= 15 is 0 Å². The lowest BCUT2D eigenvalue weighted by molar-refractivity contribution is 0.388. The molecule has 0 aromatic carbocycles. The normalized spacial score (nSPS) is 33.4. The van der Waals surface area contributed by atoms with Crippen molar-refractivity contribution in [1.29, 1.82) is 0 Å². The van der Waals surface area contributed by atoms with Gasteiger partial charge in [0.25, 0.3) is 0 Å². The Morgan fingerprint density at radius 3 is 2.07 bits per heavy atom. The van der Waals surface area contributed by atoms with Crippen molar-refractivity contribution in [2.45, 2.75) is 60.3 Å². The van der Waals surface area contributed by atoms with E-state index in [0.29, 0.717) is 0 Å². The van der Waals surface area contributed by atoms with E-state index in [1.165, 1.54) is 25.7 Å². The van der Waals surface area contributed by atoms with Gasteiger partial charge in [-0.25, -0.2) is 0 Å². The molecule has 0 amide bonds. The van der Waals surface area contributed by atoms with E-state index in [0.717, 1.165) is 29.6 Å². The lowest BCUT2D eigenvalue weighted by Crippen LogP contribution is -2.02. The summed E-state index contributed by atoms with van der Waals surface area (Å²) in [4.78, 5) is 0. The van der Waals surface area contributed by atoms with Gasteiger partial charge in [-0.2, -0.15) is 0 Å². The standard InChI is InChI=1S/C14H28/c1-6-7-8-9-11(4)14-12(5)13(14)10(2)3/h10-14H,6-9H2,1-5H3. The molecule has 0 aromatic heterocycles. The summed E-state index contributed by atoms with van der Waals surface area (Å²) in [5.41, 5.74) is 0. The van der Waals surface area contributed by atoms with Crippen LogP contribution in [0.5, 0.6) is 0 Å². The SMILES string of the molecule is CCCCCC(C)C1C(C)C1C(C)C. The van der Waals surface area contributed by atoms with Gasteiger partial charge in [0.15, 0.2) is 0 Å². The first kappa shape index (κ1) is 12.1. The van der Waals surface area contributed by atoms with Crippen LogP contribution in [0, 0.1) is 29.6 Å². The minimum Gasteiger partial charge on any atom is -0.0654 e. The Hall–Kier alpha value is 0. The fourth-order valence-electron chi connectivity index (χ4n) is 3.38. The average Bonchev–Trinajstić information content (AvgIpc) is 2.77. The van der Waals surface area contributed by atoms with Crippen molar-refractivity contribution in [3.8, 4) is 0 Å². The molecule has 0 N–H and O–H groups in total. The van der Waals surface area contributed by atoms with Crippen LogP contribution in [0.3, 0.4) is 0 Å². The molecule has 0 aliphatic heterocycles. The molecule has 0 spiro atoms. The molecule has 4 atom stereocenters. The first-order valence-corrected chi connectivity index (χ1v) is 6.59. The van der Waals surface area contributed by atoms with Gasteiger partial charge in [0, 0.05) is 0 Å². The molecule has 1 saturated carbocycles. The van der Waals surface area contributed by atoms with Crippen LogP contribution in [-0.2, 0) is 0 Å². The average molecular weight is 196 g/mol. The topological polar surface area (TPSA) is 0 Å². The number of unbranched alkanes of at least 4 members (excludes halogenated alkanes) is 2. The molecular weight excluding hydrogens is 168 g/mol. The molecule has 0 aromatic rings. The first-order valence-electron chi connectivity index (χ1n) is 6.59. The fourth-order valence-corrected chi connectivity index (χ4v) is 3.38. The summed E-state index contributed by atoms with van der Waals surface area (Å²) >= 11 is 0. The van der Waals surface area contributed by atoms with Gasteiger partial charge in [-0.15, -0.1) is 0 Å². The molecule has 1 fully saturated rings. The second kappa shape index (κ2) is 5.19. The number of hydrogen-bond donors (Lipinski definition) is 0. The Morgan fingerprint density at radius 2 is 1.64 bits per heavy atom. The van der Waals surface area contributed by atoms with E-state index in [1.807, 2.05) is 0 Å². The van der Waals surface area contributed by atoms with Crippen LogP contribution in [0.4, 0.5) is 0 Å². The summed E-state index contributed by atoms with van der Waals surface area (Å²) in [7, 11) is 0. The van der Waals surface area contributed by atoms with Crippen molar-refractivity contribution < 1.29 is 0 Å². The van der Waals surface area contributed by atoms with Gasteiger partial charge in [-0.1, -0.05) is 60.3 Å². The molecule has 0 heteroatoms. The second-order valence-electron chi connectivity index (χ2n) is 5.73. The van der Waals surface area contributed by atoms with Crippen molar-refractivity contribution >= 4 is 0 Å². The Morgan fingerprint density at radius 1 is 1.00 bits per heavy atom. The Bertz CT molecular complexity index is 159. The van der Waals surface area contributed by atoms with Gasteiger partial charge in [-0.05, 0) is 29.6 Å². The third-order valence-electron chi connectivity index (χ3n) is 4.21. The van der Waals surface area contributed by atoms with Crippen LogP contribution in [0.1, 0.15) is 60.3 Å². The van der Waals surface area contributed by atoms with Crippen molar-refractivity contribution in [2.24, 2.45) is 29.6 Å². The highest BCUT2D eigenvalue weighted by Crippen LogP contribution is 2.55. The Labute approximate surface area is 90.5 Å². The molecule has 4 unspecified atom stereocenters. The van der Waals surface area contributed by atoms with Crippen LogP contribution < -0.4 is 0 Å². The highest BCUT2D eigenvalue weighted by atomic mass is 14.5. The lowest BCUT2D eigenvalue weighted by atomic mass is 9.94. The zero-order chi connectivity index (χ0) is 10.7. The Kier molecular flexibility index (Phi) is 4.47. The summed E-state index contributed by atoms with van der Waals surface area (Å²) in [5, 5.41) is 0. The largest absolute Gasteiger partial charge is 0.0654 e. The fraction of sp³-hybridized carbons (Fsp3) is 1.00. The van der Waals surface area contributed by atoms with Crippen LogP contribution in [0.25, 0.3) is 0 Å². The Balaban J connectivity index is 2.22. The minimum absolute atomic E-state index is 0.906. The predicted molar refractivity (Wildman–Crippen MR) is 64.3 cm³/mol. The number of rotatable bonds is 6. The van der Waals surface area contributed by atoms with Crippen LogP contribution in [0.2, 0.25) is 0 Å². The molecule has 1 rings (SSSR count). The number of hydrogen-bond acceptors (Lipinski definition) is 0. The summed E-state index contributed by atoms with van der Waals surface area (Å²) < 4.78 is 0. The molecular formula is C14H28. The maximum atomic E-state index is 2.47. The van der Waals surface area contributed by atoms with E-state index in [-0.39, 0.29) is 0 Å². The highest BCUT2D eigenvalue weighted by molar-refractivity contribution is 4.97. The molecule has 0 saturated heterocycles. The molecule has 0 nitrogen and oxygen atoms in total. The van der Waals surface area contributed by atoms with Crippen LogP contribution in [0.15, 0.2) is 0 Å². The molecule has 0 bridgehead atoms. The van der Waals surface area contributed by atoms with Crippen molar-refractivity contribution in [3.63, 3.8) is 0 Å². The maximum Gasteiger partial charge on any atom is -0.0326 e. The van der Waals surface area contributed by atoms with Crippen molar-refractivity contribution in [3.05, 3.63) is 0 Å². The first-order chi connectivity index (χ1) is 6.59. The molecule has 1 aliphatic rings. The lowest BCUT2D eigenvalue weighted by Gasteiger charge is -2.11. The van der Waals surface area contributed by atoms with Crippen LogP contribution in [-0.4, -0.2) is 0 Å². The molecule has 14 heavy (non-hydrogen) atoms. The predicted octanol–water partition coefficient (Wildman–Crippen LogP) is 4.74. The quantitative estimate of drug-likeness (QED) is 0.538. The summed E-state index contributed by atoms with van der Waals surface area (Å²) in [6, 6.07) is 0. The molecule has 0 radical (unpaired) electrons. The monoisotopic (exact) mass is 196 g/mol. The smallest absolute Gasteiger partial charge is 0.0326 e. The van der Waals surface area contributed by atoms with Crippen LogP contribution >= 0.6 is 0 Å². The minimum atomic E-state index is 0.906. The zero-order valence-corrected chi connectivity index (χ0v) is 10.7. The van der Waals surface area contributed by atoms with E-state index in [9.17, 15) is 0 Å². The summed E-state index contributed by atoms with van der Waals surface area (Å²) in [5.74, 6) is 4.97. The van der Waals surface area contributed by atoms with Gasteiger partial charge < -0.3 is 0 Å². The van der Waals surface area contributed by atoms with E-state index < -0.39 is 0 Å². The van der Waals surface area contributed by atoms with Gasteiger partial charge in [0.2, 0.25) is 0 Å². The van der Waals surface area contributed by atoms with Gasteiger partial charge in [0.05, 0.1) is 0 Å². The van der Waals surface area contributed by atoms with Gasteiger partial charge in [0.1, 0.15) is 0 Å². The molecule has 84 valence electrons. The van der Waals surface area contributed by atoms with Crippen molar-refractivity contribution in [1.82, 2.24) is 0 Å².